The van der Waals surface area contributed by atoms with Gasteiger partial charge in [0.2, 0.25) is 0 Å². The molecule has 0 aliphatic heterocycles. The molecule has 1 aromatic rings. The van der Waals surface area contributed by atoms with E-state index in [1.54, 1.807) is 6.92 Å². The second kappa shape index (κ2) is 4.41. The Balaban J connectivity index is 2.96. The topological polar surface area (TPSA) is 66.1 Å². The minimum absolute atomic E-state index is 0.137. The van der Waals surface area contributed by atoms with Crippen LogP contribution in [0.2, 0.25) is 0 Å². The van der Waals surface area contributed by atoms with Gasteiger partial charge in [-0.25, -0.2) is 13.4 Å². The summed E-state index contributed by atoms with van der Waals surface area (Å²) in [5, 5.41) is 0.744. The molecule has 7 heteroatoms. The van der Waals surface area contributed by atoms with E-state index in [4.69, 9.17) is 0 Å². The number of imidazole rings is 1. The Bertz CT molecular complexity index is 401. The number of sulfonamides is 1. The standard InChI is InChI=1S/C7H12BrN3O2S/c1-6-9-5-7(10-6)14(12,13)11(2)4-3-8/h5H,3-4H2,1-2H3,(H,9,10). The zero-order valence-electron chi connectivity index (χ0n) is 7.99. The minimum Gasteiger partial charge on any atom is -0.332 e. The largest absolute Gasteiger partial charge is 0.332 e. The van der Waals surface area contributed by atoms with Crippen LogP contribution >= 0.6 is 15.9 Å². The second-order valence-corrected chi connectivity index (χ2v) is 5.65. The zero-order chi connectivity index (χ0) is 10.8. The maximum absolute atomic E-state index is 11.8. The van der Waals surface area contributed by atoms with Gasteiger partial charge >= 0.3 is 0 Å². The number of rotatable bonds is 4. The Morgan fingerprint density at radius 2 is 2.29 bits per heavy atom. The number of aromatic amines is 1. The van der Waals surface area contributed by atoms with E-state index in [2.05, 4.69) is 25.9 Å². The fourth-order valence-corrected chi connectivity index (χ4v) is 2.83. The van der Waals surface area contributed by atoms with Crippen molar-refractivity contribution in [1.29, 1.82) is 0 Å². The van der Waals surface area contributed by atoms with Gasteiger partial charge in [0, 0.05) is 18.9 Å². The lowest BCUT2D eigenvalue weighted by Gasteiger charge is -2.13. The van der Waals surface area contributed by atoms with Gasteiger partial charge < -0.3 is 4.98 Å². The van der Waals surface area contributed by atoms with E-state index in [1.807, 2.05) is 0 Å². The highest BCUT2D eigenvalue weighted by Gasteiger charge is 2.21. The smallest absolute Gasteiger partial charge is 0.259 e. The first kappa shape index (κ1) is 11.7. The van der Waals surface area contributed by atoms with E-state index in [0.717, 1.165) is 0 Å². The van der Waals surface area contributed by atoms with Crippen molar-refractivity contribution in [1.82, 2.24) is 14.3 Å². The molecule has 0 radical (unpaired) electrons. The lowest BCUT2D eigenvalue weighted by Crippen LogP contribution is -2.28. The Hall–Kier alpha value is -0.400. The van der Waals surface area contributed by atoms with Crippen LogP contribution in [0.4, 0.5) is 0 Å². The number of H-pyrrole nitrogens is 1. The summed E-state index contributed by atoms with van der Waals surface area (Å²) in [5.41, 5.74) is 0. The van der Waals surface area contributed by atoms with Crippen molar-refractivity contribution >= 4 is 26.0 Å². The molecule has 0 saturated heterocycles. The number of hydrogen-bond donors (Lipinski definition) is 1. The van der Waals surface area contributed by atoms with Gasteiger partial charge in [-0.15, -0.1) is 0 Å². The first-order chi connectivity index (χ1) is 6.48. The lowest BCUT2D eigenvalue weighted by atomic mass is 10.8. The summed E-state index contributed by atoms with van der Waals surface area (Å²) >= 11 is 3.19. The van der Waals surface area contributed by atoms with Crippen molar-refractivity contribution in [3.63, 3.8) is 0 Å². The molecule has 0 spiro atoms. The SMILES string of the molecule is Cc1ncc(S(=O)(=O)N(C)CCBr)[nH]1. The van der Waals surface area contributed by atoms with Gasteiger partial charge in [0.1, 0.15) is 5.82 Å². The normalized spacial score (nSPS) is 12.3. The molecule has 0 fully saturated rings. The summed E-state index contributed by atoms with van der Waals surface area (Å²) in [6.07, 6.45) is 1.33. The third kappa shape index (κ3) is 2.34. The van der Waals surface area contributed by atoms with Crippen LogP contribution in [0, 0.1) is 6.92 Å². The first-order valence-corrected chi connectivity index (χ1v) is 6.58. The summed E-state index contributed by atoms with van der Waals surface area (Å²) in [7, 11) is -1.86. The molecule has 0 amide bonds. The predicted octanol–water partition coefficient (Wildman–Crippen LogP) is 0.734. The van der Waals surface area contributed by atoms with Crippen LogP contribution in [-0.2, 0) is 10.0 Å². The van der Waals surface area contributed by atoms with Crippen molar-refractivity contribution in [2.75, 3.05) is 18.9 Å². The zero-order valence-corrected chi connectivity index (χ0v) is 10.4. The van der Waals surface area contributed by atoms with Crippen molar-refractivity contribution in [3.8, 4) is 0 Å². The van der Waals surface area contributed by atoms with E-state index in [1.165, 1.54) is 17.5 Å². The molecule has 0 aromatic carbocycles. The summed E-state index contributed by atoms with van der Waals surface area (Å²) in [6.45, 7) is 2.14. The monoisotopic (exact) mass is 281 g/mol. The third-order valence-corrected chi connectivity index (χ3v) is 3.89. The average Bonchev–Trinajstić information content (AvgIpc) is 2.52. The van der Waals surface area contributed by atoms with Crippen molar-refractivity contribution in [2.45, 2.75) is 11.9 Å². The quantitative estimate of drug-likeness (QED) is 0.828. The number of aryl methyl sites for hydroxylation is 1. The molecule has 0 saturated carbocycles. The minimum atomic E-state index is -3.40. The molecular weight excluding hydrogens is 270 g/mol. The van der Waals surface area contributed by atoms with Crippen LogP contribution in [0.1, 0.15) is 5.82 Å². The van der Waals surface area contributed by atoms with Gasteiger partial charge in [0.15, 0.2) is 5.03 Å². The Morgan fingerprint density at radius 1 is 1.64 bits per heavy atom. The highest BCUT2D eigenvalue weighted by molar-refractivity contribution is 9.09. The summed E-state index contributed by atoms with van der Waals surface area (Å²) in [6, 6.07) is 0. The summed E-state index contributed by atoms with van der Waals surface area (Å²) in [5.74, 6) is 0.593. The highest BCUT2D eigenvalue weighted by Crippen LogP contribution is 2.11. The Labute approximate surface area is 91.7 Å². The van der Waals surface area contributed by atoms with Crippen molar-refractivity contribution < 1.29 is 8.42 Å². The number of aromatic nitrogens is 2. The van der Waals surface area contributed by atoms with Gasteiger partial charge in [-0.2, -0.15) is 4.31 Å². The van der Waals surface area contributed by atoms with Gasteiger partial charge in [-0.3, -0.25) is 0 Å². The average molecular weight is 282 g/mol. The molecule has 1 N–H and O–H groups in total. The Kier molecular flexibility index (Phi) is 3.68. The van der Waals surface area contributed by atoms with E-state index >= 15 is 0 Å². The molecular formula is C7H12BrN3O2S. The predicted molar refractivity (Wildman–Crippen MR) is 56.9 cm³/mol. The lowest BCUT2D eigenvalue weighted by molar-refractivity contribution is 0.486. The van der Waals surface area contributed by atoms with Gasteiger partial charge in [-0.05, 0) is 6.92 Å². The fourth-order valence-electron chi connectivity index (χ4n) is 0.936. The molecule has 14 heavy (non-hydrogen) atoms. The van der Waals surface area contributed by atoms with E-state index in [9.17, 15) is 8.42 Å². The first-order valence-electron chi connectivity index (χ1n) is 4.02. The number of halogens is 1. The number of nitrogens with zero attached hydrogens (tertiary/aromatic N) is 2. The molecule has 0 aliphatic carbocycles. The van der Waals surface area contributed by atoms with E-state index < -0.39 is 10.0 Å². The number of nitrogens with one attached hydrogen (secondary N) is 1. The van der Waals surface area contributed by atoms with Gasteiger partial charge in [0.25, 0.3) is 10.0 Å². The van der Waals surface area contributed by atoms with Crippen LogP contribution in [0.3, 0.4) is 0 Å². The van der Waals surface area contributed by atoms with Gasteiger partial charge in [-0.1, -0.05) is 15.9 Å². The molecule has 80 valence electrons. The molecule has 5 nitrogen and oxygen atoms in total. The molecule has 0 unspecified atom stereocenters. The Morgan fingerprint density at radius 3 is 2.71 bits per heavy atom. The van der Waals surface area contributed by atoms with Crippen LogP contribution in [0.15, 0.2) is 11.2 Å². The number of hydrogen-bond acceptors (Lipinski definition) is 3. The maximum atomic E-state index is 11.8. The maximum Gasteiger partial charge on any atom is 0.259 e. The van der Waals surface area contributed by atoms with Crippen LogP contribution in [0.5, 0.6) is 0 Å². The van der Waals surface area contributed by atoms with Gasteiger partial charge in [0.05, 0.1) is 6.20 Å². The van der Waals surface area contributed by atoms with Crippen LogP contribution in [0.25, 0.3) is 0 Å². The molecule has 0 atom stereocenters. The molecule has 1 rings (SSSR count). The van der Waals surface area contributed by atoms with E-state index in [-0.39, 0.29) is 5.03 Å². The third-order valence-electron chi connectivity index (χ3n) is 1.77. The summed E-state index contributed by atoms with van der Waals surface area (Å²) in [4.78, 5) is 6.55. The second-order valence-electron chi connectivity index (χ2n) is 2.85. The molecule has 1 heterocycles. The molecule has 0 aliphatic rings. The molecule has 1 aromatic heterocycles. The summed E-state index contributed by atoms with van der Waals surface area (Å²) < 4.78 is 24.8. The van der Waals surface area contributed by atoms with Crippen LogP contribution in [-0.4, -0.2) is 41.6 Å². The molecule has 0 bridgehead atoms. The van der Waals surface area contributed by atoms with Crippen molar-refractivity contribution in [3.05, 3.63) is 12.0 Å². The number of alkyl halides is 1. The van der Waals surface area contributed by atoms with Crippen molar-refractivity contribution in [2.24, 2.45) is 0 Å². The van der Waals surface area contributed by atoms with E-state index in [0.29, 0.717) is 17.7 Å². The van der Waals surface area contributed by atoms with Crippen LogP contribution < -0.4 is 0 Å². The fraction of sp³-hybridized carbons (Fsp3) is 0.571. The highest BCUT2D eigenvalue weighted by atomic mass is 79.9.